The first-order valence-electron chi connectivity index (χ1n) is 11.3. The third-order valence-electron chi connectivity index (χ3n) is 5.39. The zero-order chi connectivity index (χ0) is 21.9. The van der Waals surface area contributed by atoms with Crippen LogP contribution < -0.4 is 15.4 Å². The summed E-state index contributed by atoms with van der Waals surface area (Å²) in [6.07, 6.45) is 2.59. The smallest absolute Gasteiger partial charge is 0.191 e. The van der Waals surface area contributed by atoms with E-state index < -0.39 is 0 Å². The molecule has 1 aliphatic heterocycles. The number of nitrogens with one attached hydrogen (secondary N) is 2. The molecule has 6 nitrogen and oxygen atoms in total. The van der Waals surface area contributed by atoms with Gasteiger partial charge in [0.1, 0.15) is 12.4 Å². The molecule has 2 heterocycles. The van der Waals surface area contributed by atoms with E-state index in [2.05, 4.69) is 71.1 Å². The molecule has 2 aromatic rings. The number of ether oxygens (including phenoxy) is 1. The average molecular weight is 444 g/mol. The van der Waals surface area contributed by atoms with Crippen molar-refractivity contribution in [2.24, 2.45) is 4.99 Å². The number of likely N-dealkylation sites (tertiary alicyclic amines) is 1. The van der Waals surface area contributed by atoms with Crippen molar-refractivity contribution in [3.63, 3.8) is 0 Å². The van der Waals surface area contributed by atoms with Gasteiger partial charge in [-0.15, -0.1) is 11.3 Å². The highest BCUT2D eigenvalue weighted by Gasteiger charge is 2.24. The Labute approximate surface area is 191 Å². The Hall–Kier alpha value is -2.09. The summed E-state index contributed by atoms with van der Waals surface area (Å²) < 4.78 is 5.86. The molecule has 3 rings (SSSR count). The summed E-state index contributed by atoms with van der Waals surface area (Å²) in [7, 11) is 4.10. The number of likely N-dealkylation sites (N-methyl/N-ethyl adjacent to an activating group) is 1. The topological polar surface area (TPSA) is 52.1 Å². The number of nitrogens with zero attached hydrogens (tertiary/aromatic N) is 3. The Morgan fingerprint density at radius 3 is 2.74 bits per heavy atom. The zero-order valence-corrected chi connectivity index (χ0v) is 20.0. The van der Waals surface area contributed by atoms with Crippen LogP contribution in [0, 0.1) is 0 Å². The molecule has 1 aliphatic rings. The summed E-state index contributed by atoms with van der Waals surface area (Å²) in [6, 6.07) is 13.0. The molecule has 1 fully saturated rings. The number of hydrogen-bond acceptors (Lipinski definition) is 5. The second kappa shape index (κ2) is 12.7. The number of thiophene rings is 1. The minimum atomic E-state index is 0.403. The van der Waals surface area contributed by atoms with Crippen LogP contribution in [0.1, 0.15) is 36.2 Å². The van der Waals surface area contributed by atoms with Crippen molar-refractivity contribution >= 4 is 17.3 Å². The van der Waals surface area contributed by atoms with Gasteiger partial charge >= 0.3 is 0 Å². The SMILES string of the molecule is CCNC(=NCc1cccc(OCCN(C)C)c1)NCC(c1cccs1)N1CCCC1. The molecule has 0 amide bonds. The molecule has 0 bridgehead atoms. The van der Waals surface area contributed by atoms with Gasteiger partial charge in [-0.25, -0.2) is 4.99 Å². The lowest BCUT2D eigenvalue weighted by atomic mass is 10.2. The first-order chi connectivity index (χ1) is 15.2. The van der Waals surface area contributed by atoms with Gasteiger partial charge in [-0.3, -0.25) is 4.90 Å². The second-order valence-electron chi connectivity index (χ2n) is 8.15. The van der Waals surface area contributed by atoms with E-state index in [1.165, 1.54) is 30.8 Å². The van der Waals surface area contributed by atoms with Gasteiger partial charge in [-0.2, -0.15) is 0 Å². The molecular formula is C24H37N5OS. The predicted octanol–water partition coefficient (Wildman–Crippen LogP) is 3.58. The molecule has 1 atom stereocenters. The highest BCUT2D eigenvalue weighted by atomic mass is 32.1. The van der Waals surface area contributed by atoms with Crippen LogP contribution in [0.5, 0.6) is 5.75 Å². The van der Waals surface area contributed by atoms with Crippen LogP contribution in [0.25, 0.3) is 0 Å². The second-order valence-corrected chi connectivity index (χ2v) is 9.13. The average Bonchev–Trinajstić information content (AvgIpc) is 3.47. The summed E-state index contributed by atoms with van der Waals surface area (Å²) in [6.45, 7) is 8.37. The highest BCUT2D eigenvalue weighted by Crippen LogP contribution is 2.27. The van der Waals surface area contributed by atoms with Crippen LogP contribution in [-0.4, -0.2) is 69.2 Å². The summed E-state index contributed by atoms with van der Waals surface area (Å²) in [5, 5.41) is 9.15. The van der Waals surface area contributed by atoms with E-state index in [9.17, 15) is 0 Å². The monoisotopic (exact) mass is 443 g/mol. The lowest BCUT2D eigenvalue weighted by Gasteiger charge is -2.27. The van der Waals surface area contributed by atoms with E-state index in [0.29, 0.717) is 19.2 Å². The van der Waals surface area contributed by atoms with Gasteiger partial charge in [0, 0.05) is 24.5 Å². The molecule has 7 heteroatoms. The maximum Gasteiger partial charge on any atom is 0.191 e. The number of aliphatic imine (C=N–C) groups is 1. The molecule has 31 heavy (non-hydrogen) atoms. The van der Waals surface area contributed by atoms with Crippen molar-refractivity contribution in [3.05, 3.63) is 52.2 Å². The van der Waals surface area contributed by atoms with E-state index in [1.807, 2.05) is 23.5 Å². The van der Waals surface area contributed by atoms with Crippen molar-refractivity contribution in [2.75, 3.05) is 53.4 Å². The predicted molar refractivity (Wildman–Crippen MR) is 131 cm³/mol. The van der Waals surface area contributed by atoms with Crippen LogP contribution in [0.2, 0.25) is 0 Å². The third kappa shape index (κ3) is 7.83. The van der Waals surface area contributed by atoms with Gasteiger partial charge in [0.15, 0.2) is 5.96 Å². The summed E-state index contributed by atoms with van der Waals surface area (Å²) in [5.41, 5.74) is 1.15. The summed E-state index contributed by atoms with van der Waals surface area (Å²) >= 11 is 1.84. The fourth-order valence-corrected chi connectivity index (χ4v) is 4.59. The molecule has 1 aromatic carbocycles. The summed E-state index contributed by atoms with van der Waals surface area (Å²) in [5.74, 6) is 1.77. The number of hydrogen-bond donors (Lipinski definition) is 2. The lowest BCUT2D eigenvalue weighted by Crippen LogP contribution is -2.42. The van der Waals surface area contributed by atoms with E-state index >= 15 is 0 Å². The fourth-order valence-electron chi connectivity index (χ4n) is 3.73. The van der Waals surface area contributed by atoms with Crippen molar-refractivity contribution in [1.29, 1.82) is 0 Å². The number of guanidine groups is 1. The molecule has 0 spiro atoms. The molecule has 0 aliphatic carbocycles. The van der Waals surface area contributed by atoms with Crippen molar-refractivity contribution in [1.82, 2.24) is 20.4 Å². The maximum atomic E-state index is 5.86. The molecule has 170 valence electrons. The Kier molecular flexibility index (Phi) is 9.65. The van der Waals surface area contributed by atoms with Gasteiger partial charge in [0.2, 0.25) is 0 Å². The van der Waals surface area contributed by atoms with Crippen molar-refractivity contribution < 1.29 is 4.74 Å². The van der Waals surface area contributed by atoms with E-state index in [0.717, 1.165) is 36.9 Å². The normalized spacial score (nSPS) is 15.9. The summed E-state index contributed by atoms with van der Waals surface area (Å²) in [4.78, 5) is 11.0. The fraction of sp³-hybridized carbons (Fsp3) is 0.542. The van der Waals surface area contributed by atoms with Crippen molar-refractivity contribution in [2.45, 2.75) is 32.4 Å². The van der Waals surface area contributed by atoms with Crippen molar-refractivity contribution in [3.8, 4) is 5.75 Å². The Bertz CT molecular complexity index is 787. The third-order valence-corrected chi connectivity index (χ3v) is 6.36. The molecule has 2 N–H and O–H groups in total. The molecular weight excluding hydrogens is 406 g/mol. The Balaban J connectivity index is 1.59. The van der Waals surface area contributed by atoms with E-state index in [-0.39, 0.29) is 0 Å². The van der Waals surface area contributed by atoms with Crippen LogP contribution >= 0.6 is 11.3 Å². The molecule has 1 saturated heterocycles. The van der Waals surface area contributed by atoms with Gasteiger partial charge in [0.05, 0.1) is 12.6 Å². The van der Waals surface area contributed by atoms with E-state index in [4.69, 9.17) is 9.73 Å². The van der Waals surface area contributed by atoms with Gasteiger partial charge in [-0.05, 0) is 76.1 Å². The molecule has 1 unspecified atom stereocenters. The molecule has 0 radical (unpaired) electrons. The number of rotatable bonds is 11. The van der Waals surface area contributed by atoms with Gasteiger partial charge < -0.3 is 20.3 Å². The first kappa shape index (κ1) is 23.6. The van der Waals surface area contributed by atoms with Crippen LogP contribution in [-0.2, 0) is 6.54 Å². The standard InChI is InChI=1S/C24H37N5OS/c1-4-25-24(26-18-20-9-7-10-21(17-20)30-15-14-28(2)3)27-19-22(23-11-8-16-31-23)29-12-5-6-13-29/h7-11,16-17,22H,4-6,12-15,18-19H2,1-3H3,(H2,25,26,27). The zero-order valence-electron chi connectivity index (χ0n) is 19.1. The van der Waals surface area contributed by atoms with Gasteiger partial charge in [0.25, 0.3) is 0 Å². The van der Waals surface area contributed by atoms with Gasteiger partial charge in [-0.1, -0.05) is 18.2 Å². The first-order valence-corrected chi connectivity index (χ1v) is 12.2. The quantitative estimate of drug-likeness (QED) is 0.411. The minimum absolute atomic E-state index is 0.403. The van der Waals surface area contributed by atoms with Crippen LogP contribution in [0.4, 0.5) is 0 Å². The van der Waals surface area contributed by atoms with Crippen LogP contribution in [0.3, 0.4) is 0 Å². The van der Waals surface area contributed by atoms with Crippen LogP contribution in [0.15, 0.2) is 46.8 Å². The number of benzene rings is 1. The highest BCUT2D eigenvalue weighted by molar-refractivity contribution is 7.10. The Morgan fingerprint density at radius 2 is 2.03 bits per heavy atom. The molecule has 0 saturated carbocycles. The lowest BCUT2D eigenvalue weighted by molar-refractivity contribution is 0.249. The maximum absolute atomic E-state index is 5.86. The Morgan fingerprint density at radius 1 is 1.19 bits per heavy atom. The molecule has 1 aromatic heterocycles. The largest absolute Gasteiger partial charge is 0.492 e. The van der Waals surface area contributed by atoms with E-state index in [1.54, 1.807) is 0 Å². The minimum Gasteiger partial charge on any atom is -0.492 e.